The highest BCUT2D eigenvalue weighted by Crippen LogP contribution is 2.39. The predicted molar refractivity (Wildman–Crippen MR) is 103 cm³/mol. The van der Waals surface area contributed by atoms with Gasteiger partial charge in [-0.15, -0.1) is 6.42 Å². The van der Waals surface area contributed by atoms with Gasteiger partial charge in [0.15, 0.2) is 5.76 Å². The Kier molecular flexibility index (Phi) is 8.17. The Morgan fingerprint density at radius 2 is 2.15 bits per heavy atom. The molecule has 0 unspecified atom stereocenters. The van der Waals surface area contributed by atoms with E-state index in [0.717, 1.165) is 16.5 Å². The van der Waals surface area contributed by atoms with Gasteiger partial charge in [0.05, 0.1) is 6.54 Å². The molecule has 1 aromatic rings. The third-order valence-electron chi connectivity index (χ3n) is 4.24. The van der Waals surface area contributed by atoms with E-state index in [1.807, 2.05) is 37.3 Å². The monoisotopic (exact) mass is 421 g/mol. The lowest BCUT2D eigenvalue weighted by atomic mass is 9.80. The van der Waals surface area contributed by atoms with Crippen molar-refractivity contribution in [2.45, 2.75) is 32.0 Å². The van der Waals surface area contributed by atoms with Crippen molar-refractivity contribution in [3.8, 4) is 12.3 Å². The van der Waals surface area contributed by atoms with E-state index in [0.29, 0.717) is 13.0 Å². The van der Waals surface area contributed by atoms with Crippen LogP contribution in [-0.2, 0) is 14.3 Å². The van der Waals surface area contributed by atoms with Crippen molar-refractivity contribution in [1.82, 2.24) is 5.32 Å². The number of aliphatic hydroxyl groups excluding tert-OH is 1. The number of carbonyl (C=O) groups is 1. The number of carbonyl (C=O) groups excluding carboxylic acids is 1. The minimum Gasteiger partial charge on any atom is -0.459 e. The summed E-state index contributed by atoms with van der Waals surface area (Å²) in [5.41, 5.74) is 1.06. The van der Waals surface area contributed by atoms with Gasteiger partial charge < -0.3 is 19.9 Å². The van der Waals surface area contributed by atoms with Gasteiger partial charge in [0.1, 0.15) is 0 Å². The van der Waals surface area contributed by atoms with Gasteiger partial charge in [-0.3, -0.25) is 4.79 Å². The van der Waals surface area contributed by atoms with E-state index >= 15 is 0 Å². The summed E-state index contributed by atoms with van der Waals surface area (Å²) in [6.07, 6.45) is 7.84. The average molecular weight is 422 g/mol. The molecular weight excluding hydrogens is 398 g/mol. The molecule has 1 amide bonds. The first-order valence-corrected chi connectivity index (χ1v) is 9.48. The molecular formula is C20H24BrNO4. The average Bonchev–Trinajstić information content (AvgIpc) is 2.65. The van der Waals surface area contributed by atoms with Gasteiger partial charge in [0, 0.05) is 29.5 Å². The molecule has 0 spiro atoms. The van der Waals surface area contributed by atoms with Crippen LogP contribution in [0.15, 0.2) is 40.6 Å². The molecule has 1 aromatic carbocycles. The van der Waals surface area contributed by atoms with Gasteiger partial charge in [0.2, 0.25) is 6.29 Å². The molecule has 1 aliphatic heterocycles. The molecule has 0 saturated carbocycles. The molecule has 0 radical (unpaired) electrons. The van der Waals surface area contributed by atoms with E-state index in [1.165, 1.54) is 0 Å². The molecule has 0 aliphatic carbocycles. The topological polar surface area (TPSA) is 67.8 Å². The maximum absolute atomic E-state index is 12.4. The van der Waals surface area contributed by atoms with Crippen LogP contribution in [-0.4, -0.2) is 37.1 Å². The summed E-state index contributed by atoms with van der Waals surface area (Å²) in [5.74, 6) is 2.17. The van der Waals surface area contributed by atoms with Crippen LogP contribution in [0.1, 0.15) is 31.2 Å². The van der Waals surface area contributed by atoms with Crippen LogP contribution in [0.2, 0.25) is 0 Å². The Labute approximate surface area is 162 Å². The Morgan fingerprint density at radius 1 is 1.42 bits per heavy atom. The first kappa shape index (κ1) is 20.5. The van der Waals surface area contributed by atoms with Crippen LogP contribution in [0.25, 0.3) is 0 Å². The number of hydrogen-bond donors (Lipinski definition) is 2. The van der Waals surface area contributed by atoms with E-state index < -0.39 is 6.29 Å². The second-order valence-electron chi connectivity index (χ2n) is 5.97. The highest BCUT2D eigenvalue weighted by Gasteiger charge is 2.37. The highest BCUT2D eigenvalue weighted by molar-refractivity contribution is 9.10. The summed E-state index contributed by atoms with van der Waals surface area (Å²) in [6, 6.07) is 7.97. The van der Waals surface area contributed by atoms with E-state index in [-0.39, 0.29) is 36.7 Å². The van der Waals surface area contributed by atoms with Gasteiger partial charge in [-0.05, 0) is 43.5 Å². The van der Waals surface area contributed by atoms with E-state index in [9.17, 15) is 9.90 Å². The Morgan fingerprint density at radius 3 is 2.77 bits per heavy atom. The van der Waals surface area contributed by atoms with Crippen LogP contribution < -0.4 is 5.32 Å². The quantitative estimate of drug-likeness (QED) is 0.633. The van der Waals surface area contributed by atoms with Crippen LogP contribution >= 0.6 is 15.9 Å². The summed E-state index contributed by atoms with van der Waals surface area (Å²) in [6.45, 7) is 2.58. The van der Waals surface area contributed by atoms with E-state index in [4.69, 9.17) is 15.9 Å². The molecule has 26 heavy (non-hydrogen) atoms. The van der Waals surface area contributed by atoms with Gasteiger partial charge in [-0.25, -0.2) is 0 Å². The molecule has 1 heterocycles. The summed E-state index contributed by atoms with van der Waals surface area (Å²) in [7, 11) is 0. The molecule has 0 fully saturated rings. The van der Waals surface area contributed by atoms with Crippen molar-refractivity contribution in [2.75, 3.05) is 19.8 Å². The molecule has 5 nitrogen and oxygen atoms in total. The zero-order valence-electron chi connectivity index (χ0n) is 14.8. The number of hydrogen-bond acceptors (Lipinski definition) is 4. The van der Waals surface area contributed by atoms with Crippen LogP contribution in [0, 0.1) is 18.3 Å². The lowest BCUT2D eigenvalue weighted by molar-refractivity contribution is -0.166. The van der Waals surface area contributed by atoms with Gasteiger partial charge >= 0.3 is 0 Å². The first-order chi connectivity index (χ1) is 12.6. The molecule has 6 heteroatoms. The zero-order chi connectivity index (χ0) is 18.9. The fourth-order valence-corrected chi connectivity index (χ4v) is 3.31. The molecule has 3 atom stereocenters. The smallest absolute Gasteiger partial charge is 0.286 e. The van der Waals surface area contributed by atoms with Gasteiger partial charge in [-0.2, -0.15) is 0 Å². The van der Waals surface area contributed by atoms with Crippen molar-refractivity contribution >= 4 is 21.8 Å². The highest BCUT2D eigenvalue weighted by atomic mass is 79.9. The molecule has 0 bridgehead atoms. The fraction of sp³-hybridized carbons (Fsp3) is 0.450. The summed E-state index contributed by atoms with van der Waals surface area (Å²) >= 11 is 3.45. The number of amides is 1. The third-order valence-corrected chi connectivity index (χ3v) is 4.77. The first-order valence-electron chi connectivity index (χ1n) is 8.68. The summed E-state index contributed by atoms with van der Waals surface area (Å²) in [5, 5.41) is 11.9. The Hall–Kier alpha value is -1.81. The van der Waals surface area contributed by atoms with Crippen LogP contribution in [0.4, 0.5) is 0 Å². The number of ether oxygens (including phenoxy) is 2. The lowest BCUT2D eigenvalue weighted by Gasteiger charge is -2.37. The third kappa shape index (κ3) is 5.34. The molecule has 2 rings (SSSR count). The number of halogens is 1. The fourth-order valence-electron chi connectivity index (χ4n) is 3.05. The SMILES string of the molecule is C#CCNC(=O)C1=C[C@H](c2ccc(Br)cc2)[C@H](CCCO)[C@H](OCC)O1. The molecule has 140 valence electrons. The minimum atomic E-state index is -0.559. The van der Waals surface area contributed by atoms with Crippen LogP contribution in [0.3, 0.4) is 0 Å². The maximum atomic E-state index is 12.4. The number of nitrogens with one attached hydrogen (secondary N) is 1. The van der Waals surface area contributed by atoms with Crippen molar-refractivity contribution in [1.29, 1.82) is 0 Å². The van der Waals surface area contributed by atoms with Crippen molar-refractivity contribution in [3.63, 3.8) is 0 Å². The van der Waals surface area contributed by atoms with E-state index in [2.05, 4.69) is 27.2 Å². The standard InChI is InChI=1S/C20H24BrNO4/c1-3-11-22-19(24)18-13-17(14-7-9-15(21)10-8-14)16(6-5-12-23)20(26-18)25-4-2/h1,7-10,13,16-17,20,23H,4-6,11-12H2,2H3,(H,22,24)/t16-,17+,20+/m0/s1. The van der Waals surface area contributed by atoms with Crippen molar-refractivity contribution in [3.05, 3.63) is 46.1 Å². The van der Waals surface area contributed by atoms with Gasteiger partial charge in [0.25, 0.3) is 5.91 Å². The number of terminal acetylenes is 1. The van der Waals surface area contributed by atoms with Crippen LogP contribution in [0.5, 0.6) is 0 Å². The van der Waals surface area contributed by atoms with Crippen molar-refractivity contribution < 1.29 is 19.4 Å². The van der Waals surface area contributed by atoms with Crippen molar-refractivity contribution in [2.24, 2.45) is 5.92 Å². The largest absolute Gasteiger partial charge is 0.459 e. The number of allylic oxidation sites excluding steroid dienone is 1. The predicted octanol–water partition coefficient (Wildman–Crippen LogP) is 2.95. The number of aliphatic hydroxyl groups is 1. The molecule has 2 N–H and O–H groups in total. The van der Waals surface area contributed by atoms with Gasteiger partial charge in [-0.1, -0.05) is 34.0 Å². The zero-order valence-corrected chi connectivity index (χ0v) is 16.4. The molecule has 0 aromatic heterocycles. The summed E-state index contributed by atoms with van der Waals surface area (Å²) in [4.78, 5) is 12.4. The lowest BCUT2D eigenvalue weighted by Crippen LogP contribution is -2.39. The Balaban J connectivity index is 2.37. The normalized spacial score (nSPS) is 22.1. The second-order valence-corrected chi connectivity index (χ2v) is 6.88. The number of benzene rings is 1. The molecule has 0 saturated heterocycles. The number of rotatable bonds is 8. The Bertz CT molecular complexity index is 665. The minimum absolute atomic E-state index is 0.00698. The summed E-state index contributed by atoms with van der Waals surface area (Å²) < 4.78 is 12.6. The second kappa shape index (κ2) is 10.4. The maximum Gasteiger partial charge on any atom is 0.286 e. The van der Waals surface area contributed by atoms with E-state index in [1.54, 1.807) is 0 Å². The molecule has 1 aliphatic rings.